The van der Waals surface area contributed by atoms with Crippen LogP contribution in [0.25, 0.3) is 0 Å². The third kappa shape index (κ3) is 11.7. The third-order valence-corrected chi connectivity index (χ3v) is 8.09. The zero-order valence-electron chi connectivity index (χ0n) is 26.6. The molecule has 0 saturated heterocycles. The molecule has 2 aromatic carbocycles. The molecule has 15 nitrogen and oxygen atoms in total. The summed E-state index contributed by atoms with van der Waals surface area (Å²) in [6.07, 6.45) is 0.204. The Hall–Kier alpha value is -3.38. The molecule has 3 rings (SSSR count). The van der Waals surface area contributed by atoms with Crippen LogP contribution in [0.2, 0.25) is 0 Å². The molecule has 47 heavy (non-hydrogen) atoms. The van der Waals surface area contributed by atoms with Gasteiger partial charge in [0.1, 0.15) is 11.8 Å². The van der Waals surface area contributed by atoms with Crippen molar-refractivity contribution in [1.29, 1.82) is 0 Å². The average molecular weight is 687 g/mol. The van der Waals surface area contributed by atoms with Crippen LogP contribution in [0.3, 0.4) is 0 Å². The number of nitrogens with one attached hydrogen (secondary N) is 3. The van der Waals surface area contributed by atoms with Gasteiger partial charge in [-0.15, -0.1) is 0 Å². The van der Waals surface area contributed by atoms with Crippen LogP contribution in [-0.2, 0) is 30.9 Å². The van der Waals surface area contributed by atoms with Gasteiger partial charge in [0, 0.05) is 25.8 Å². The van der Waals surface area contributed by atoms with E-state index >= 15 is 0 Å². The molecule has 0 fully saturated rings. The minimum Gasteiger partial charge on any atom is -0.748 e. The minimum atomic E-state index is -4.34. The first-order valence-electron chi connectivity index (χ1n) is 14.3. The molecule has 0 bridgehead atoms. The predicted octanol–water partition coefficient (Wildman–Crippen LogP) is -2.97. The van der Waals surface area contributed by atoms with Gasteiger partial charge in [-0.3, -0.25) is 34.1 Å². The number of carbonyl (C=O) groups excluding carboxylic acids is 5. The van der Waals surface area contributed by atoms with E-state index in [9.17, 15) is 42.2 Å². The molecule has 3 atom stereocenters. The van der Waals surface area contributed by atoms with E-state index in [0.717, 1.165) is 4.90 Å². The summed E-state index contributed by atoms with van der Waals surface area (Å²) in [5.74, 6) is -6.16. The molecule has 0 saturated carbocycles. The van der Waals surface area contributed by atoms with Gasteiger partial charge < -0.3 is 25.4 Å². The van der Waals surface area contributed by atoms with Gasteiger partial charge in [0.15, 0.2) is 0 Å². The first kappa shape index (κ1) is 41.6. The molecule has 2 aromatic rings. The van der Waals surface area contributed by atoms with Crippen molar-refractivity contribution in [3.8, 4) is 5.75 Å². The van der Waals surface area contributed by atoms with E-state index in [1.54, 1.807) is 41.9 Å². The van der Waals surface area contributed by atoms with Gasteiger partial charge in [-0.25, -0.2) is 13.9 Å². The maximum atomic E-state index is 13.8. The largest absolute Gasteiger partial charge is 1.00 e. The maximum absolute atomic E-state index is 13.8. The fourth-order valence-corrected chi connectivity index (χ4v) is 5.56. The van der Waals surface area contributed by atoms with Gasteiger partial charge >= 0.3 is 29.6 Å². The Kier molecular flexibility index (Phi) is 16.7. The molecular formula is C30H39N4NaO11S. The zero-order valence-corrected chi connectivity index (χ0v) is 29.5. The molecule has 6 N–H and O–H groups in total. The van der Waals surface area contributed by atoms with Crippen molar-refractivity contribution < 1.29 is 81.9 Å². The molecule has 0 spiro atoms. The Morgan fingerprint density at radius 1 is 0.936 bits per heavy atom. The number of hydrogen-bond acceptors (Lipinski definition) is 10. The van der Waals surface area contributed by atoms with Gasteiger partial charge in [-0.1, -0.05) is 38.1 Å². The number of ether oxygens (including phenoxy) is 1. The molecule has 1 aliphatic rings. The molecular weight excluding hydrogens is 647 g/mol. The van der Waals surface area contributed by atoms with E-state index in [1.165, 1.54) is 19.2 Å². The van der Waals surface area contributed by atoms with Gasteiger partial charge in [0.2, 0.25) is 17.7 Å². The molecule has 0 aliphatic carbocycles. The molecule has 0 radical (unpaired) electrons. The molecule has 5 amide bonds. The Morgan fingerprint density at radius 3 is 2.00 bits per heavy atom. The fourth-order valence-electron chi connectivity index (χ4n) is 5.08. The fraction of sp³-hybridized carbons (Fsp3) is 0.433. The monoisotopic (exact) mass is 686 g/mol. The average Bonchev–Trinajstić information content (AvgIpc) is 3.24. The summed E-state index contributed by atoms with van der Waals surface area (Å²) >= 11 is 0. The van der Waals surface area contributed by atoms with Gasteiger partial charge in [0.05, 0.1) is 39.7 Å². The number of nitrogens with zero attached hydrogens (tertiary/aromatic N) is 1. The second-order valence-electron chi connectivity index (χ2n) is 11.1. The van der Waals surface area contributed by atoms with Crippen LogP contribution < -0.4 is 50.4 Å². The Labute approximate surface area is 295 Å². The van der Waals surface area contributed by atoms with Crippen molar-refractivity contribution >= 4 is 39.7 Å². The molecule has 0 unspecified atom stereocenters. The minimum absolute atomic E-state index is 0. The Bertz CT molecular complexity index is 1480. The van der Waals surface area contributed by atoms with E-state index in [4.69, 9.17) is 4.74 Å². The summed E-state index contributed by atoms with van der Waals surface area (Å²) in [5.41, 5.74) is 2.52. The van der Waals surface area contributed by atoms with Crippen LogP contribution in [0.15, 0.2) is 48.5 Å². The first-order chi connectivity index (χ1) is 21.2. The normalized spacial score (nSPS) is 14.2. The molecule has 0 aromatic heterocycles. The topological polar surface area (TPSA) is 243 Å². The maximum Gasteiger partial charge on any atom is 1.00 e. The Morgan fingerprint density at radius 2 is 1.51 bits per heavy atom. The number of rotatable bonds is 16. The summed E-state index contributed by atoms with van der Waals surface area (Å²) in [5, 5.41) is 14.7. The van der Waals surface area contributed by atoms with Crippen LogP contribution in [0.5, 0.6) is 5.75 Å². The van der Waals surface area contributed by atoms with Crippen LogP contribution in [0.1, 0.15) is 53.0 Å². The smallest absolute Gasteiger partial charge is 0.748 e. The second-order valence-corrected chi connectivity index (χ2v) is 12.6. The van der Waals surface area contributed by atoms with Crippen molar-refractivity contribution in [2.24, 2.45) is 17.8 Å². The second kappa shape index (κ2) is 18.8. The standard InChI is InChI=1S/C30H38N4O10S.Na.H2O/c1-18(2)15-23(24(27(36)33-40)17-34-29(38)21-7-4-5-8-22(21)30(34)39)26(35)32-25(28(37)31-3)16-19-9-11-20(12-10-19)44-13-6-14-45(41,42)43;;/h4-5,7-12,18,23-25,40H,6,13-17H2,1-3H3,(H,31,37)(H,32,35)(H,33,36)(H,41,42,43);;1H2/q;+1;/p-1/t23-,24-,25-;;/m0../s1. The quantitative estimate of drug-likeness (QED) is 0.0349. The summed E-state index contributed by atoms with van der Waals surface area (Å²) in [4.78, 5) is 66.5. The van der Waals surface area contributed by atoms with E-state index in [0.29, 0.717) is 11.3 Å². The van der Waals surface area contributed by atoms with Crippen molar-refractivity contribution in [3.63, 3.8) is 0 Å². The summed E-state index contributed by atoms with van der Waals surface area (Å²) in [6.45, 7) is 3.17. The number of likely N-dealkylation sites (N-methyl/N-ethyl adjacent to an activating group) is 1. The van der Waals surface area contributed by atoms with Gasteiger partial charge in [-0.05, 0) is 48.6 Å². The number of fused-ring (bicyclic) bond motifs is 1. The molecule has 17 heteroatoms. The number of benzene rings is 2. The van der Waals surface area contributed by atoms with Crippen molar-refractivity contribution in [2.45, 2.75) is 39.2 Å². The van der Waals surface area contributed by atoms with Crippen LogP contribution in [0, 0.1) is 17.8 Å². The predicted molar refractivity (Wildman–Crippen MR) is 163 cm³/mol. The van der Waals surface area contributed by atoms with E-state index < -0.39 is 69.8 Å². The van der Waals surface area contributed by atoms with Gasteiger partial charge in [0.25, 0.3) is 11.8 Å². The van der Waals surface area contributed by atoms with E-state index in [1.807, 2.05) is 13.8 Å². The van der Waals surface area contributed by atoms with Crippen LogP contribution in [-0.4, -0.2) is 90.1 Å². The molecule has 1 aliphatic heterocycles. The van der Waals surface area contributed by atoms with Crippen LogP contribution >= 0.6 is 0 Å². The van der Waals surface area contributed by atoms with Crippen LogP contribution in [0.4, 0.5) is 0 Å². The van der Waals surface area contributed by atoms with Crippen molar-refractivity contribution in [3.05, 3.63) is 65.2 Å². The Balaban J connectivity index is 0.00000552. The summed E-state index contributed by atoms with van der Waals surface area (Å²) < 4.78 is 37.7. The van der Waals surface area contributed by atoms with E-state index in [2.05, 4.69) is 10.6 Å². The molecule has 252 valence electrons. The van der Waals surface area contributed by atoms with Crippen molar-refractivity contribution in [2.75, 3.05) is 26.0 Å². The summed E-state index contributed by atoms with van der Waals surface area (Å²) in [6, 6.07) is 11.6. The number of carbonyl (C=O) groups is 5. The number of imide groups is 1. The zero-order chi connectivity index (χ0) is 33.3. The molecule has 1 heterocycles. The number of amides is 5. The van der Waals surface area contributed by atoms with Gasteiger partial charge in [-0.2, -0.15) is 0 Å². The summed E-state index contributed by atoms with van der Waals surface area (Å²) in [7, 11) is -2.94. The number of hydroxylamine groups is 1. The van der Waals surface area contributed by atoms with E-state index in [-0.39, 0.29) is 77.9 Å². The third-order valence-electron chi connectivity index (χ3n) is 7.30. The number of hydrogen-bond donors (Lipinski definition) is 4. The first-order valence-corrected chi connectivity index (χ1v) is 15.9. The van der Waals surface area contributed by atoms with Crippen molar-refractivity contribution in [1.82, 2.24) is 21.0 Å². The SMILES string of the molecule is CNC(=O)[C@H](Cc1ccc(OCCCS(=O)(=O)[O-])cc1)NC(=O)[C@@H](CC(C)C)[C@H](CN1C(=O)c2ccccc2C1=O)C(=O)NO.O.[Na+].